The van der Waals surface area contributed by atoms with Gasteiger partial charge in [-0.05, 0) is 0 Å². The molecule has 0 fully saturated rings. The first-order chi connectivity index (χ1) is 1.00. The van der Waals surface area contributed by atoms with Gasteiger partial charge in [-0.3, -0.25) is 0 Å². The van der Waals surface area contributed by atoms with Crippen molar-refractivity contribution in [3.8, 4) is 0 Å². The molecule has 16 valence electrons. The van der Waals surface area contributed by atoms with Crippen LogP contribution in [0.1, 0.15) is 0 Å². The van der Waals surface area contributed by atoms with Crippen LogP contribution in [0.15, 0.2) is 0 Å². The molecular formula is BNaOS. The van der Waals surface area contributed by atoms with E-state index in [9.17, 15) is 0 Å². The molecule has 0 aliphatic carbocycles. The Kier molecular flexibility index (Phi) is 161. The zero-order valence-electron chi connectivity index (χ0n) is 2.39. The van der Waals surface area contributed by atoms with Crippen LogP contribution >= 0.6 is 0 Å². The van der Waals surface area contributed by atoms with Crippen molar-refractivity contribution in [3.05, 3.63) is 0 Å². The summed E-state index contributed by atoms with van der Waals surface area (Å²) in [5.74, 6) is 0. The van der Waals surface area contributed by atoms with E-state index in [2.05, 4.69) is 12.5 Å². The fraction of sp³-hybridized carbons (Fsp3) is 0. The van der Waals surface area contributed by atoms with Crippen LogP contribution in [0, 0.1) is 0 Å². The molecule has 0 aromatic carbocycles. The summed E-state index contributed by atoms with van der Waals surface area (Å²) in [7, 11) is 0. The Morgan fingerprint density at radius 1 is 1.25 bits per heavy atom. The molecular weight excluding hydrogens is 81.9 g/mol. The minimum Gasteiger partial charge on any atom is -0.197 e. The van der Waals surface area contributed by atoms with Gasteiger partial charge in [0.1, 0.15) is 0 Å². The van der Waals surface area contributed by atoms with Crippen LogP contribution in [0.5, 0.6) is 0 Å². The Balaban J connectivity index is -0.00000000500. The summed E-state index contributed by atoms with van der Waals surface area (Å²) in [5.41, 5.74) is 0. The van der Waals surface area contributed by atoms with Gasteiger partial charge >= 0.3 is 0 Å². The van der Waals surface area contributed by atoms with E-state index in [0.717, 1.165) is 0 Å². The minimum atomic E-state index is 0. The smallest absolute Gasteiger partial charge is 0.197 e. The van der Waals surface area contributed by atoms with Crippen molar-refractivity contribution < 1.29 is 4.21 Å². The van der Waals surface area contributed by atoms with Crippen molar-refractivity contribution in [2.75, 3.05) is 0 Å². The predicted octanol–water partition coefficient (Wildman–Crippen LogP) is -1.10. The van der Waals surface area contributed by atoms with Gasteiger partial charge in [-0.1, -0.05) is 0 Å². The van der Waals surface area contributed by atoms with E-state index in [1.54, 1.807) is 0 Å². The average molecular weight is 81.9 g/mol. The van der Waals surface area contributed by atoms with E-state index < -0.39 is 0 Å². The van der Waals surface area contributed by atoms with Crippen molar-refractivity contribution in [2.45, 2.75) is 0 Å². The SMILES string of the molecule is O=S.[B].[Na]. The summed E-state index contributed by atoms with van der Waals surface area (Å²) in [4.78, 5) is 0. The molecule has 0 aromatic heterocycles. The van der Waals surface area contributed by atoms with Crippen LogP contribution in [0.2, 0.25) is 0 Å². The van der Waals surface area contributed by atoms with E-state index in [-0.39, 0.29) is 38.0 Å². The third-order valence-corrected chi connectivity index (χ3v) is 0. The molecule has 0 heterocycles. The molecule has 0 bridgehead atoms. The van der Waals surface area contributed by atoms with Crippen molar-refractivity contribution in [1.82, 2.24) is 0 Å². The van der Waals surface area contributed by atoms with Gasteiger partial charge in [0.2, 0.25) is 0 Å². The summed E-state index contributed by atoms with van der Waals surface area (Å²) in [6.07, 6.45) is 0. The summed E-state index contributed by atoms with van der Waals surface area (Å²) < 4.78 is 7.83. The third kappa shape index (κ3) is 11.4. The molecule has 0 atom stereocenters. The summed E-state index contributed by atoms with van der Waals surface area (Å²) in [6.45, 7) is 0. The maximum Gasteiger partial charge on any atom is 0.197 e. The molecule has 0 aromatic rings. The van der Waals surface area contributed by atoms with Gasteiger partial charge in [0.05, 0.1) is 0 Å². The average Bonchev–Trinajstić information content (AvgIpc) is 1.00. The zero-order chi connectivity index (χ0) is 2.00. The molecule has 0 saturated heterocycles. The summed E-state index contributed by atoms with van der Waals surface area (Å²) in [6, 6.07) is 0. The Hall–Kier alpha value is 1.08. The van der Waals surface area contributed by atoms with Crippen LogP contribution in [-0.4, -0.2) is 42.2 Å². The van der Waals surface area contributed by atoms with Crippen molar-refractivity contribution in [3.63, 3.8) is 0 Å². The molecule has 0 aliphatic heterocycles. The molecule has 4 heavy (non-hydrogen) atoms. The van der Waals surface area contributed by atoms with Crippen LogP contribution in [-0.2, 0) is 12.5 Å². The fourth-order valence-electron chi connectivity index (χ4n) is 0. The van der Waals surface area contributed by atoms with Gasteiger partial charge < -0.3 is 0 Å². The molecule has 0 spiro atoms. The monoisotopic (exact) mass is 82.0 g/mol. The standard InChI is InChI=1S/B.Na.OS/c;;1-2. The summed E-state index contributed by atoms with van der Waals surface area (Å²) >= 11 is 2.83. The Labute approximate surface area is 54.5 Å². The molecule has 0 amide bonds. The number of hydrogen-bond donors (Lipinski definition) is 0. The number of hydrogen-bond acceptors (Lipinski definition) is 2. The normalized spacial score (nSPS) is 1.00. The van der Waals surface area contributed by atoms with Crippen LogP contribution in [0.4, 0.5) is 0 Å². The summed E-state index contributed by atoms with van der Waals surface area (Å²) in [5, 5.41) is 0. The molecule has 0 unspecified atom stereocenters. The molecule has 1 nitrogen and oxygen atoms in total. The first kappa shape index (κ1) is 19.5. The predicted molar refractivity (Wildman–Crippen MR) is 19.7 cm³/mol. The molecule has 4 heteroatoms. The Morgan fingerprint density at radius 3 is 1.25 bits per heavy atom. The molecule has 0 rings (SSSR count). The van der Waals surface area contributed by atoms with Gasteiger partial charge in [-0.15, -0.1) is 0 Å². The van der Waals surface area contributed by atoms with E-state index >= 15 is 0 Å². The van der Waals surface area contributed by atoms with E-state index in [4.69, 9.17) is 4.21 Å². The van der Waals surface area contributed by atoms with E-state index in [0.29, 0.717) is 0 Å². The third-order valence-electron chi connectivity index (χ3n) is 0. The molecule has 0 aliphatic rings. The topological polar surface area (TPSA) is 17.1 Å². The Bertz CT molecular complexity index is 8.00. The van der Waals surface area contributed by atoms with Crippen LogP contribution in [0.3, 0.4) is 0 Å². The fourth-order valence-corrected chi connectivity index (χ4v) is 0. The van der Waals surface area contributed by atoms with Gasteiger partial charge in [0, 0.05) is 38.0 Å². The Morgan fingerprint density at radius 2 is 1.25 bits per heavy atom. The second-order valence-corrected chi connectivity index (χ2v) is 0. The van der Waals surface area contributed by atoms with Crippen molar-refractivity contribution in [1.29, 1.82) is 0 Å². The quantitative estimate of drug-likeness (QED) is 0.345. The number of rotatable bonds is 0. The second kappa shape index (κ2) is 33.0. The maximum absolute atomic E-state index is 7.83. The first-order valence-electron chi connectivity index (χ1n) is 0.167. The van der Waals surface area contributed by atoms with Gasteiger partial charge in [0.25, 0.3) is 0 Å². The minimum absolute atomic E-state index is 0. The largest absolute Gasteiger partial charge is 0.197 e. The van der Waals surface area contributed by atoms with Crippen LogP contribution in [0.25, 0.3) is 0 Å². The van der Waals surface area contributed by atoms with Gasteiger partial charge in [-0.25, -0.2) is 0 Å². The van der Waals surface area contributed by atoms with E-state index in [1.165, 1.54) is 0 Å². The van der Waals surface area contributed by atoms with Crippen molar-refractivity contribution >= 4 is 50.5 Å². The first-order valence-corrected chi connectivity index (χ1v) is 0.500. The maximum atomic E-state index is 7.83. The van der Waals surface area contributed by atoms with Crippen molar-refractivity contribution in [2.24, 2.45) is 0 Å². The molecule has 0 N–H and O–H groups in total. The van der Waals surface area contributed by atoms with Gasteiger partial charge in [-0.2, -0.15) is 4.21 Å². The molecule has 4 radical (unpaired) electrons. The van der Waals surface area contributed by atoms with Crippen LogP contribution < -0.4 is 0 Å². The molecule has 0 saturated carbocycles. The van der Waals surface area contributed by atoms with E-state index in [1.807, 2.05) is 0 Å². The second-order valence-electron chi connectivity index (χ2n) is 0. The van der Waals surface area contributed by atoms with Gasteiger partial charge in [0.15, 0.2) is 12.5 Å². The zero-order valence-corrected chi connectivity index (χ0v) is 5.21.